The number of alkyl halides is 3. The Morgan fingerprint density at radius 3 is 2.20 bits per heavy atom. The molecule has 0 saturated carbocycles. The fourth-order valence-corrected chi connectivity index (χ4v) is 0.188. The predicted molar refractivity (Wildman–Crippen MR) is 22.0 cm³/mol. The number of ether oxygens (including phenoxy) is 1. The summed E-state index contributed by atoms with van der Waals surface area (Å²) in [6.45, 7) is 0.195. The molecule has 0 bridgehead atoms. The summed E-state index contributed by atoms with van der Waals surface area (Å²) >= 11 is 0. The largest absolute Gasteiger partial charge is 0.511 e. The van der Waals surface area contributed by atoms with E-state index in [4.69, 9.17) is 0 Å². The topological polar surface area (TPSA) is 49.4 Å². The summed E-state index contributed by atoms with van der Waals surface area (Å²) in [4.78, 5) is 9.35. The van der Waals surface area contributed by atoms with Crippen LogP contribution in [0.1, 0.15) is 6.92 Å². The summed E-state index contributed by atoms with van der Waals surface area (Å²) in [5.41, 5.74) is 0. The monoisotopic (exact) mass is 157 g/mol. The molecule has 0 aliphatic rings. The first-order valence-corrected chi connectivity index (χ1v) is 2.23. The van der Waals surface area contributed by atoms with Crippen molar-refractivity contribution in [3.63, 3.8) is 0 Å². The van der Waals surface area contributed by atoms with Crippen LogP contribution in [0, 0.1) is 0 Å². The highest BCUT2D eigenvalue weighted by molar-refractivity contribution is 5.54. The van der Waals surface area contributed by atoms with Gasteiger partial charge in [0.05, 0.1) is 0 Å². The number of halogens is 3. The second-order valence-corrected chi connectivity index (χ2v) is 1.64. The molecule has 0 radical (unpaired) electrons. The van der Waals surface area contributed by atoms with Crippen molar-refractivity contribution in [2.75, 3.05) is 0 Å². The molecule has 0 aliphatic carbocycles. The first-order valence-electron chi connectivity index (χ1n) is 2.23. The molecule has 10 heavy (non-hydrogen) atoms. The minimum Gasteiger partial charge on any atom is -0.511 e. The highest BCUT2D eigenvalue weighted by Crippen LogP contribution is 2.20. The van der Waals surface area contributed by atoms with Gasteiger partial charge in [-0.15, -0.1) is 0 Å². The van der Waals surface area contributed by atoms with Crippen molar-refractivity contribution in [1.82, 2.24) is 0 Å². The third-order valence-corrected chi connectivity index (χ3v) is 0.598. The van der Waals surface area contributed by atoms with Gasteiger partial charge in [0.25, 0.3) is 12.1 Å². The maximum Gasteiger partial charge on any atom is 0.294 e. The van der Waals surface area contributed by atoms with E-state index in [0.717, 1.165) is 0 Å². The minimum absolute atomic E-state index is 0.195. The maximum atomic E-state index is 11.8. The fraction of sp³-hybridized carbons (Fsp3) is 0.750. The Labute approximate surface area is 54.4 Å². The van der Waals surface area contributed by atoms with E-state index in [9.17, 15) is 23.1 Å². The Balaban J connectivity index is 3.85. The molecule has 0 aromatic carbocycles. The average Bonchev–Trinajstić information content (AvgIpc) is 1.60. The number of carbonyl (C=O) groups is 1. The number of rotatable bonds is 2. The first kappa shape index (κ1) is 9.06. The van der Waals surface area contributed by atoms with Gasteiger partial charge >= 0.3 is 0 Å². The van der Waals surface area contributed by atoms with E-state index < -0.39 is 18.4 Å². The van der Waals surface area contributed by atoms with E-state index >= 15 is 0 Å². The molecule has 0 N–H and O–H groups in total. The molecule has 1 atom stereocenters. The molecular formula is C4H4F3O3-. The van der Waals surface area contributed by atoms with Crippen molar-refractivity contribution >= 4 is 6.16 Å². The van der Waals surface area contributed by atoms with Crippen LogP contribution in [-0.2, 0) is 4.74 Å². The minimum atomic E-state index is -3.82. The van der Waals surface area contributed by atoms with E-state index in [1.165, 1.54) is 0 Å². The summed E-state index contributed by atoms with van der Waals surface area (Å²) in [5.74, 6) is -3.82. The maximum absolute atomic E-state index is 11.8. The Hall–Kier alpha value is -0.940. The molecule has 0 saturated heterocycles. The third kappa shape index (κ3) is 3.16. The molecule has 3 nitrogen and oxygen atoms in total. The molecule has 0 fully saturated rings. The lowest BCUT2D eigenvalue weighted by Crippen LogP contribution is -2.36. The van der Waals surface area contributed by atoms with Crippen molar-refractivity contribution in [2.24, 2.45) is 0 Å². The van der Waals surface area contributed by atoms with Gasteiger partial charge in [0, 0.05) is 6.92 Å². The zero-order valence-corrected chi connectivity index (χ0v) is 4.94. The van der Waals surface area contributed by atoms with Gasteiger partial charge in [-0.2, -0.15) is 0 Å². The van der Waals surface area contributed by atoms with Crippen LogP contribution in [0.5, 0.6) is 0 Å². The van der Waals surface area contributed by atoms with Crippen LogP contribution in [0.15, 0.2) is 0 Å². The zero-order valence-electron chi connectivity index (χ0n) is 4.94. The van der Waals surface area contributed by atoms with E-state index in [-0.39, 0.29) is 6.92 Å². The highest BCUT2D eigenvalue weighted by atomic mass is 19.3. The summed E-state index contributed by atoms with van der Waals surface area (Å²) < 4.78 is 38.1. The van der Waals surface area contributed by atoms with Gasteiger partial charge < -0.3 is 14.6 Å². The van der Waals surface area contributed by atoms with Gasteiger partial charge in [0.15, 0.2) is 0 Å². The van der Waals surface area contributed by atoms with Crippen LogP contribution in [0.3, 0.4) is 0 Å². The molecule has 0 aliphatic heterocycles. The van der Waals surface area contributed by atoms with Crippen molar-refractivity contribution in [1.29, 1.82) is 0 Å². The zero-order chi connectivity index (χ0) is 8.36. The SMILES string of the molecule is CC(F)(F)C(F)OC(=O)[O-]. The molecule has 0 aromatic rings. The van der Waals surface area contributed by atoms with Crippen LogP contribution in [0.2, 0.25) is 0 Å². The van der Waals surface area contributed by atoms with Gasteiger partial charge in [0.1, 0.15) is 0 Å². The molecule has 0 amide bonds. The molecule has 60 valence electrons. The van der Waals surface area contributed by atoms with Gasteiger partial charge in [-0.25, -0.2) is 13.2 Å². The molecular weight excluding hydrogens is 153 g/mol. The molecule has 6 heteroatoms. The second kappa shape index (κ2) is 2.76. The van der Waals surface area contributed by atoms with Gasteiger partial charge in [-0.3, -0.25) is 0 Å². The summed E-state index contributed by atoms with van der Waals surface area (Å²) in [6, 6.07) is 0. The smallest absolute Gasteiger partial charge is 0.294 e. The van der Waals surface area contributed by atoms with Crippen molar-refractivity contribution in [2.45, 2.75) is 19.2 Å². The molecule has 0 heterocycles. The number of hydrogen-bond acceptors (Lipinski definition) is 3. The first-order chi connectivity index (χ1) is 4.34. The van der Waals surface area contributed by atoms with E-state index in [1.807, 2.05) is 0 Å². The van der Waals surface area contributed by atoms with Crippen LogP contribution in [-0.4, -0.2) is 18.4 Å². The lowest BCUT2D eigenvalue weighted by molar-refractivity contribution is -0.306. The number of carbonyl (C=O) groups excluding carboxylic acids is 1. The Kier molecular flexibility index (Phi) is 2.50. The van der Waals surface area contributed by atoms with Crippen LogP contribution < -0.4 is 5.11 Å². The summed E-state index contributed by atoms with van der Waals surface area (Å²) in [5, 5.41) is 9.35. The van der Waals surface area contributed by atoms with Crippen LogP contribution in [0.25, 0.3) is 0 Å². The third-order valence-electron chi connectivity index (χ3n) is 0.598. The lowest BCUT2D eigenvalue weighted by Gasteiger charge is -2.19. The molecule has 0 aromatic heterocycles. The fourth-order valence-electron chi connectivity index (χ4n) is 0.188. The van der Waals surface area contributed by atoms with Gasteiger partial charge in [0.2, 0.25) is 6.36 Å². The lowest BCUT2D eigenvalue weighted by atomic mass is 10.4. The highest BCUT2D eigenvalue weighted by Gasteiger charge is 2.33. The van der Waals surface area contributed by atoms with E-state index in [0.29, 0.717) is 0 Å². The Morgan fingerprint density at radius 1 is 1.70 bits per heavy atom. The Bertz CT molecular complexity index is 130. The standard InChI is InChI=1S/C4H5F3O3/c1-4(6,7)2(5)10-3(8)9/h2H,1H3,(H,8,9)/p-1. The van der Waals surface area contributed by atoms with Crippen molar-refractivity contribution in [3.8, 4) is 0 Å². The summed E-state index contributed by atoms with van der Waals surface area (Å²) in [6.07, 6.45) is -5.47. The van der Waals surface area contributed by atoms with Crippen LogP contribution >= 0.6 is 0 Å². The van der Waals surface area contributed by atoms with Crippen LogP contribution in [0.4, 0.5) is 18.0 Å². The molecule has 0 rings (SSSR count). The van der Waals surface area contributed by atoms with Gasteiger partial charge in [-0.05, 0) is 0 Å². The van der Waals surface area contributed by atoms with Crippen molar-refractivity contribution < 1.29 is 27.8 Å². The summed E-state index contributed by atoms with van der Waals surface area (Å²) in [7, 11) is 0. The van der Waals surface area contributed by atoms with Gasteiger partial charge in [-0.1, -0.05) is 0 Å². The average molecular weight is 157 g/mol. The predicted octanol–water partition coefficient (Wildman–Crippen LogP) is 0.297. The Morgan fingerprint density at radius 2 is 2.10 bits per heavy atom. The van der Waals surface area contributed by atoms with E-state index in [1.54, 1.807) is 0 Å². The number of hydrogen-bond donors (Lipinski definition) is 0. The number of carboxylic acid groups (broad SMARTS) is 1. The normalized spacial score (nSPS) is 14.4. The van der Waals surface area contributed by atoms with E-state index in [2.05, 4.69) is 4.74 Å². The molecule has 0 spiro atoms. The molecule has 1 unspecified atom stereocenters. The second-order valence-electron chi connectivity index (χ2n) is 1.64. The quantitative estimate of drug-likeness (QED) is 0.541. The van der Waals surface area contributed by atoms with Crippen molar-refractivity contribution in [3.05, 3.63) is 0 Å².